The number of likely N-dealkylation sites (N-methyl/N-ethyl adjacent to an activating group) is 1. The zero-order valence-corrected chi connectivity index (χ0v) is 14.7. The fourth-order valence-electron chi connectivity index (χ4n) is 2.22. The number of benzene rings is 2. The summed E-state index contributed by atoms with van der Waals surface area (Å²) in [5.74, 6) is -0.0558. The molecule has 1 fully saturated rings. The minimum Gasteiger partial charge on any atom is -0.479 e. The average molecular weight is 367 g/mol. The summed E-state index contributed by atoms with van der Waals surface area (Å²) in [6, 6.07) is 15.1. The van der Waals surface area contributed by atoms with Gasteiger partial charge in [-0.25, -0.2) is 9.38 Å². The van der Waals surface area contributed by atoms with Crippen molar-refractivity contribution in [2.24, 2.45) is 4.99 Å². The van der Waals surface area contributed by atoms with Crippen LogP contribution in [-0.2, 0) is 4.79 Å². The van der Waals surface area contributed by atoms with E-state index < -0.39 is 5.82 Å². The van der Waals surface area contributed by atoms with Crippen molar-refractivity contribution >= 4 is 34.6 Å². The van der Waals surface area contributed by atoms with Crippen LogP contribution in [0.25, 0.3) is 6.08 Å². The molecular weight excluding hydrogens is 353 g/mol. The van der Waals surface area contributed by atoms with Crippen LogP contribution < -0.4 is 4.74 Å². The van der Waals surface area contributed by atoms with Gasteiger partial charge < -0.3 is 4.74 Å². The molecule has 0 unspecified atom stereocenters. The Morgan fingerprint density at radius 3 is 2.69 bits per heavy atom. The maximum atomic E-state index is 13.8. The third kappa shape index (κ3) is 3.92. The van der Waals surface area contributed by atoms with Crippen LogP contribution in [0.15, 0.2) is 58.4 Å². The number of rotatable bonds is 4. The molecule has 0 saturated carbocycles. The fourth-order valence-corrected chi connectivity index (χ4v) is 3.20. The summed E-state index contributed by atoms with van der Waals surface area (Å²) < 4.78 is 19.0. The molecule has 26 heavy (non-hydrogen) atoms. The SMILES string of the molecule is CN1C(=O)/C(=C\c2ccc(OCC#N)cc2)SC1=Nc1ccccc1F. The molecule has 1 saturated heterocycles. The minimum atomic E-state index is -0.438. The van der Waals surface area contributed by atoms with Crippen molar-refractivity contribution in [3.8, 4) is 11.8 Å². The number of amides is 1. The maximum Gasteiger partial charge on any atom is 0.266 e. The monoisotopic (exact) mass is 367 g/mol. The van der Waals surface area contributed by atoms with Crippen molar-refractivity contribution in [1.29, 1.82) is 5.26 Å². The topological polar surface area (TPSA) is 65.7 Å². The molecule has 3 rings (SSSR count). The van der Waals surface area contributed by atoms with Gasteiger partial charge in [0, 0.05) is 7.05 Å². The molecular formula is C19H14FN3O2S. The predicted octanol–water partition coefficient (Wildman–Crippen LogP) is 3.96. The molecule has 0 atom stereocenters. The Labute approximate surface area is 154 Å². The first-order valence-corrected chi connectivity index (χ1v) is 8.51. The molecule has 0 N–H and O–H groups in total. The Bertz CT molecular complexity index is 933. The number of aliphatic imine (C=N–C) groups is 1. The zero-order valence-electron chi connectivity index (χ0n) is 13.8. The average Bonchev–Trinajstić information content (AvgIpc) is 2.91. The fraction of sp³-hybridized carbons (Fsp3) is 0.105. The summed E-state index contributed by atoms with van der Waals surface area (Å²) in [6.45, 7) is -0.0184. The molecule has 5 nitrogen and oxygen atoms in total. The third-order valence-corrected chi connectivity index (χ3v) is 4.61. The van der Waals surface area contributed by atoms with Gasteiger partial charge in [-0.3, -0.25) is 9.69 Å². The van der Waals surface area contributed by atoms with Crippen LogP contribution in [0.5, 0.6) is 5.75 Å². The molecule has 0 aromatic heterocycles. The Morgan fingerprint density at radius 1 is 1.27 bits per heavy atom. The van der Waals surface area contributed by atoms with Crippen LogP contribution in [-0.4, -0.2) is 29.6 Å². The number of carbonyl (C=O) groups is 1. The largest absolute Gasteiger partial charge is 0.479 e. The Kier molecular flexibility index (Phi) is 5.34. The molecule has 2 aromatic carbocycles. The van der Waals surface area contributed by atoms with Gasteiger partial charge in [0.15, 0.2) is 11.8 Å². The van der Waals surface area contributed by atoms with Gasteiger partial charge in [0.1, 0.15) is 23.3 Å². The Morgan fingerprint density at radius 2 is 2.00 bits per heavy atom. The van der Waals surface area contributed by atoms with Crippen LogP contribution in [0.3, 0.4) is 0 Å². The molecule has 2 aromatic rings. The van der Waals surface area contributed by atoms with E-state index in [2.05, 4.69) is 4.99 Å². The molecule has 1 aliphatic rings. The highest BCUT2D eigenvalue weighted by atomic mass is 32.2. The quantitative estimate of drug-likeness (QED) is 0.767. The summed E-state index contributed by atoms with van der Waals surface area (Å²) in [5, 5.41) is 8.93. The van der Waals surface area contributed by atoms with Crippen molar-refractivity contribution in [2.45, 2.75) is 0 Å². The van der Waals surface area contributed by atoms with Crippen molar-refractivity contribution in [2.75, 3.05) is 13.7 Å². The van der Waals surface area contributed by atoms with E-state index in [1.54, 1.807) is 55.6 Å². The summed E-state index contributed by atoms with van der Waals surface area (Å²) in [7, 11) is 1.61. The zero-order chi connectivity index (χ0) is 18.5. The number of carbonyl (C=O) groups excluding carboxylic acids is 1. The summed E-state index contributed by atoms with van der Waals surface area (Å²) in [5.41, 5.74) is 1.00. The predicted molar refractivity (Wildman–Crippen MR) is 99.4 cm³/mol. The number of thioether (sulfide) groups is 1. The second-order valence-corrected chi connectivity index (χ2v) is 6.35. The number of hydrogen-bond acceptors (Lipinski definition) is 5. The van der Waals surface area contributed by atoms with Crippen molar-refractivity contribution in [3.63, 3.8) is 0 Å². The van der Waals surface area contributed by atoms with E-state index in [1.807, 2.05) is 6.07 Å². The molecule has 1 amide bonds. The van der Waals surface area contributed by atoms with E-state index in [0.717, 1.165) is 5.56 Å². The molecule has 0 radical (unpaired) electrons. The molecule has 0 aliphatic carbocycles. The van der Waals surface area contributed by atoms with E-state index in [4.69, 9.17) is 10.00 Å². The van der Waals surface area contributed by atoms with Crippen molar-refractivity contribution in [1.82, 2.24) is 4.90 Å². The minimum absolute atomic E-state index is 0.0184. The van der Waals surface area contributed by atoms with Gasteiger partial charge in [-0.05, 0) is 47.7 Å². The van der Waals surface area contributed by atoms with E-state index in [-0.39, 0.29) is 18.2 Å². The van der Waals surface area contributed by atoms with Gasteiger partial charge in [0.2, 0.25) is 0 Å². The lowest BCUT2D eigenvalue weighted by Crippen LogP contribution is -2.23. The number of hydrogen-bond donors (Lipinski definition) is 0. The van der Waals surface area contributed by atoms with E-state index in [0.29, 0.717) is 15.8 Å². The number of nitrogens with zero attached hydrogens (tertiary/aromatic N) is 3. The van der Waals surface area contributed by atoms with Gasteiger partial charge in [-0.2, -0.15) is 5.26 Å². The van der Waals surface area contributed by atoms with Gasteiger partial charge in [-0.15, -0.1) is 0 Å². The van der Waals surface area contributed by atoms with Crippen LogP contribution in [0.2, 0.25) is 0 Å². The van der Waals surface area contributed by atoms with Gasteiger partial charge in [0.05, 0.1) is 4.91 Å². The molecule has 7 heteroatoms. The lowest BCUT2D eigenvalue weighted by Gasteiger charge is -2.07. The normalized spacial score (nSPS) is 17.0. The highest BCUT2D eigenvalue weighted by Crippen LogP contribution is 2.33. The Balaban J connectivity index is 1.81. The standard InChI is InChI=1S/C19H14FN3O2S/c1-23-18(24)17(12-13-6-8-14(9-7-13)25-11-10-21)26-19(23)22-16-5-3-2-4-15(16)20/h2-9,12H,11H2,1H3/b17-12+,22-19?. The third-order valence-electron chi connectivity index (χ3n) is 3.55. The Hall–Kier alpha value is -3.11. The highest BCUT2D eigenvalue weighted by molar-refractivity contribution is 8.18. The van der Waals surface area contributed by atoms with Crippen LogP contribution in [0.4, 0.5) is 10.1 Å². The van der Waals surface area contributed by atoms with Crippen LogP contribution in [0, 0.1) is 17.1 Å². The molecule has 1 aliphatic heterocycles. The summed E-state index contributed by atoms with van der Waals surface area (Å²) in [6.07, 6.45) is 1.74. The van der Waals surface area contributed by atoms with Gasteiger partial charge in [-0.1, -0.05) is 24.3 Å². The number of halogens is 1. The molecule has 0 bridgehead atoms. The van der Waals surface area contributed by atoms with E-state index in [9.17, 15) is 9.18 Å². The second-order valence-electron chi connectivity index (χ2n) is 5.34. The second kappa shape index (κ2) is 7.85. The molecule has 0 spiro atoms. The van der Waals surface area contributed by atoms with Crippen LogP contribution >= 0.6 is 11.8 Å². The van der Waals surface area contributed by atoms with Crippen molar-refractivity contribution in [3.05, 3.63) is 64.8 Å². The van der Waals surface area contributed by atoms with E-state index >= 15 is 0 Å². The number of amidine groups is 1. The number of ether oxygens (including phenoxy) is 1. The van der Waals surface area contributed by atoms with Gasteiger partial charge in [0.25, 0.3) is 5.91 Å². The van der Waals surface area contributed by atoms with Crippen LogP contribution in [0.1, 0.15) is 5.56 Å². The van der Waals surface area contributed by atoms with Crippen molar-refractivity contribution < 1.29 is 13.9 Å². The number of nitriles is 1. The number of para-hydroxylation sites is 1. The first kappa shape index (κ1) is 17.7. The lowest BCUT2D eigenvalue weighted by atomic mass is 10.2. The smallest absolute Gasteiger partial charge is 0.266 e. The molecule has 130 valence electrons. The molecule has 1 heterocycles. The summed E-state index contributed by atoms with van der Waals surface area (Å²) in [4.78, 5) is 18.5. The summed E-state index contributed by atoms with van der Waals surface area (Å²) >= 11 is 1.19. The maximum absolute atomic E-state index is 13.8. The first-order valence-electron chi connectivity index (χ1n) is 7.69. The van der Waals surface area contributed by atoms with E-state index in [1.165, 1.54) is 22.7 Å². The van der Waals surface area contributed by atoms with Gasteiger partial charge >= 0.3 is 0 Å². The lowest BCUT2D eigenvalue weighted by molar-refractivity contribution is -0.121. The first-order chi connectivity index (χ1) is 12.6. The highest BCUT2D eigenvalue weighted by Gasteiger charge is 2.30.